The number of hydrogen-bond donors (Lipinski definition) is 2. The Labute approximate surface area is 130 Å². The quantitative estimate of drug-likeness (QED) is 0.347. The molecule has 0 amide bonds. The zero-order valence-corrected chi connectivity index (χ0v) is 14.0. The van der Waals surface area contributed by atoms with Crippen LogP contribution in [0.2, 0.25) is 0 Å². The van der Waals surface area contributed by atoms with Crippen molar-refractivity contribution < 1.29 is 9.53 Å². The highest BCUT2D eigenvalue weighted by Crippen LogP contribution is 2.16. The number of nitrogens with one attached hydrogen (secondary N) is 2. The fraction of sp³-hybridized carbons (Fsp3) is 0.643. The maximum atomic E-state index is 11.2. The van der Waals surface area contributed by atoms with Gasteiger partial charge in [-0.05, 0) is 27.2 Å². The average Bonchev–Trinajstić information content (AvgIpc) is 2.76. The standard InChI is InChI=1S/C14H24N4O2S/c1-5-20-13(19)7-6-8-16-14(15-4)17-9-12-10(2)18-11(3)21-12/h5-9H2,1-4H3,(H2,15,16,17). The van der Waals surface area contributed by atoms with Crippen molar-refractivity contribution in [3.05, 3.63) is 15.6 Å². The van der Waals surface area contributed by atoms with Gasteiger partial charge in [-0.1, -0.05) is 0 Å². The fourth-order valence-corrected chi connectivity index (χ4v) is 2.67. The summed E-state index contributed by atoms with van der Waals surface area (Å²) in [5.41, 5.74) is 1.06. The summed E-state index contributed by atoms with van der Waals surface area (Å²) >= 11 is 1.69. The van der Waals surface area contributed by atoms with E-state index in [9.17, 15) is 4.79 Å². The Bertz CT molecular complexity index is 485. The molecule has 1 rings (SSSR count). The predicted molar refractivity (Wildman–Crippen MR) is 85.7 cm³/mol. The molecule has 21 heavy (non-hydrogen) atoms. The van der Waals surface area contributed by atoms with Crippen LogP contribution in [0.25, 0.3) is 0 Å². The summed E-state index contributed by atoms with van der Waals surface area (Å²) in [5, 5.41) is 7.50. The minimum absolute atomic E-state index is 0.155. The van der Waals surface area contributed by atoms with Crippen molar-refractivity contribution in [2.45, 2.75) is 40.2 Å². The van der Waals surface area contributed by atoms with E-state index in [0.29, 0.717) is 26.1 Å². The van der Waals surface area contributed by atoms with Crippen LogP contribution >= 0.6 is 11.3 Å². The number of ether oxygens (including phenoxy) is 1. The van der Waals surface area contributed by atoms with E-state index >= 15 is 0 Å². The molecule has 7 heteroatoms. The fourth-order valence-electron chi connectivity index (χ4n) is 1.79. The van der Waals surface area contributed by atoms with E-state index < -0.39 is 0 Å². The molecule has 0 saturated carbocycles. The Morgan fingerprint density at radius 3 is 2.71 bits per heavy atom. The van der Waals surface area contributed by atoms with Gasteiger partial charge in [-0.15, -0.1) is 11.3 Å². The van der Waals surface area contributed by atoms with Gasteiger partial charge in [-0.2, -0.15) is 0 Å². The van der Waals surface area contributed by atoms with Crippen molar-refractivity contribution in [1.82, 2.24) is 15.6 Å². The van der Waals surface area contributed by atoms with E-state index in [-0.39, 0.29) is 5.97 Å². The Morgan fingerprint density at radius 1 is 1.38 bits per heavy atom. The van der Waals surface area contributed by atoms with Gasteiger partial charge in [-0.25, -0.2) is 4.98 Å². The minimum Gasteiger partial charge on any atom is -0.466 e. The number of thiazole rings is 1. The molecule has 0 radical (unpaired) electrons. The third-order valence-corrected chi connectivity index (χ3v) is 3.87. The number of guanidine groups is 1. The molecule has 6 nitrogen and oxygen atoms in total. The molecule has 0 bridgehead atoms. The van der Waals surface area contributed by atoms with E-state index in [1.54, 1.807) is 18.4 Å². The highest BCUT2D eigenvalue weighted by molar-refractivity contribution is 7.11. The largest absolute Gasteiger partial charge is 0.466 e. The Morgan fingerprint density at radius 2 is 2.14 bits per heavy atom. The Kier molecular flexibility index (Phi) is 7.74. The van der Waals surface area contributed by atoms with Crippen molar-refractivity contribution in [3.8, 4) is 0 Å². The molecule has 0 atom stereocenters. The topological polar surface area (TPSA) is 75.6 Å². The summed E-state index contributed by atoms with van der Waals surface area (Å²) in [6, 6.07) is 0. The van der Waals surface area contributed by atoms with E-state index in [2.05, 4.69) is 20.6 Å². The maximum absolute atomic E-state index is 11.2. The number of carbonyl (C=O) groups excluding carboxylic acids is 1. The van der Waals surface area contributed by atoms with Crippen molar-refractivity contribution in [3.63, 3.8) is 0 Å². The molecule has 0 aliphatic rings. The molecule has 0 aliphatic carbocycles. The van der Waals surface area contributed by atoms with Crippen LogP contribution < -0.4 is 10.6 Å². The third-order valence-electron chi connectivity index (χ3n) is 2.80. The van der Waals surface area contributed by atoms with Crippen LogP contribution in [-0.4, -0.2) is 37.1 Å². The maximum Gasteiger partial charge on any atom is 0.305 e. The highest BCUT2D eigenvalue weighted by atomic mass is 32.1. The summed E-state index contributed by atoms with van der Waals surface area (Å²) in [7, 11) is 1.73. The van der Waals surface area contributed by atoms with Gasteiger partial charge < -0.3 is 15.4 Å². The Hall–Kier alpha value is -1.63. The van der Waals surface area contributed by atoms with Gasteiger partial charge in [-0.3, -0.25) is 9.79 Å². The summed E-state index contributed by atoms with van der Waals surface area (Å²) in [4.78, 5) is 21.0. The lowest BCUT2D eigenvalue weighted by atomic mass is 10.3. The van der Waals surface area contributed by atoms with Crippen molar-refractivity contribution in [1.29, 1.82) is 0 Å². The first-order chi connectivity index (χ1) is 10.1. The van der Waals surface area contributed by atoms with Gasteiger partial charge in [0.25, 0.3) is 0 Å². The zero-order chi connectivity index (χ0) is 15.7. The molecule has 118 valence electrons. The van der Waals surface area contributed by atoms with E-state index in [0.717, 1.165) is 23.1 Å². The monoisotopic (exact) mass is 312 g/mol. The first-order valence-electron chi connectivity index (χ1n) is 7.09. The molecule has 1 aromatic rings. The van der Waals surface area contributed by atoms with Gasteiger partial charge in [0.15, 0.2) is 5.96 Å². The predicted octanol–water partition coefficient (Wildman–Crippen LogP) is 1.77. The number of esters is 1. The highest BCUT2D eigenvalue weighted by Gasteiger charge is 2.06. The number of aromatic nitrogens is 1. The average molecular weight is 312 g/mol. The SMILES string of the molecule is CCOC(=O)CCCNC(=NC)NCc1sc(C)nc1C. The molecule has 0 aromatic carbocycles. The lowest BCUT2D eigenvalue weighted by Crippen LogP contribution is -2.37. The normalized spacial score (nSPS) is 11.3. The number of rotatable bonds is 7. The Balaban J connectivity index is 2.26. The second kappa shape index (κ2) is 9.33. The first-order valence-corrected chi connectivity index (χ1v) is 7.91. The van der Waals surface area contributed by atoms with Gasteiger partial charge in [0.2, 0.25) is 0 Å². The summed E-state index contributed by atoms with van der Waals surface area (Å²) in [6.07, 6.45) is 1.14. The molecule has 1 heterocycles. The van der Waals surface area contributed by atoms with Gasteiger partial charge >= 0.3 is 5.97 Å². The first kappa shape index (κ1) is 17.4. The summed E-state index contributed by atoms with van der Waals surface area (Å²) in [6.45, 7) is 7.64. The molecular formula is C14H24N4O2S. The molecule has 0 unspecified atom stereocenters. The van der Waals surface area contributed by atoms with Crippen molar-refractivity contribution in [2.75, 3.05) is 20.2 Å². The van der Waals surface area contributed by atoms with Crippen LogP contribution in [0, 0.1) is 13.8 Å². The second-order valence-corrected chi connectivity index (χ2v) is 5.79. The zero-order valence-electron chi connectivity index (χ0n) is 13.2. The molecule has 0 fully saturated rings. The number of hydrogen-bond acceptors (Lipinski definition) is 5. The molecular weight excluding hydrogens is 288 g/mol. The van der Waals surface area contributed by atoms with Crippen LogP contribution in [0.1, 0.15) is 35.3 Å². The molecule has 1 aromatic heterocycles. The molecule has 0 spiro atoms. The lowest BCUT2D eigenvalue weighted by Gasteiger charge is -2.11. The van der Waals surface area contributed by atoms with Crippen LogP contribution in [0.5, 0.6) is 0 Å². The summed E-state index contributed by atoms with van der Waals surface area (Å²) in [5.74, 6) is 0.572. The lowest BCUT2D eigenvalue weighted by molar-refractivity contribution is -0.143. The third kappa shape index (κ3) is 6.57. The second-order valence-electron chi connectivity index (χ2n) is 4.50. The van der Waals surface area contributed by atoms with Gasteiger partial charge in [0, 0.05) is 24.9 Å². The van der Waals surface area contributed by atoms with Gasteiger partial charge in [0.1, 0.15) is 0 Å². The van der Waals surface area contributed by atoms with Crippen LogP contribution in [-0.2, 0) is 16.1 Å². The number of nitrogens with zero attached hydrogens (tertiary/aromatic N) is 2. The molecule has 0 saturated heterocycles. The summed E-state index contributed by atoms with van der Waals surface area (Å²) < 4.78 is 4.88. The minimum atomic E-state index is -0.155. The van der Waals surface area contributed by atoms with E-state index in [1.807, 2.05) is 20.8 Å². The number of aliphatic imine (C=N–C) groups is 1. The number of aryl methyl sites for hydroxylation is 2. The molecule has 0 aliphatic heterocycles. The van der Waals surface area contributed by atoms with Gasteiger partial charge in [0.05, 0.1) is 23.9 Å². The molecule has 2 N–H and O–H groups in total. The van der Waals surface area contributed by atoms with Crippen molar-refractivity contribution in [2.24, 2.45) is 4.99 Å². The van der Waals surface area contributed by atoms with Crippen molar-refractivity contribution >= 4 is 23.3 Å². The number of carbonyl (C=O) groups is 1. The van der Waals surface area contributed by atoms with E-state index in [4.69, 9.17) is 4.74 Å². The van der Waals surface area contributed by atoms with Crippen LogP contribution in [0.15, 0.2) is 4.99 Å². The van der Waals surface area contributed by atoms with E-state index in [1.165, 1.54) is 4.88 Å². The smallest absolute Gasteiger partial charge is 0.305 e. The van der Waals surface area contributed by atoms with Crippen LogP contribution in [0.3, 0.4) is 0 Å². The van der Waals surface area contributed by atoms with Crippen LogP contribution in [0.4, 0.5) is 0 Å².